The van der Waals surface area contributed by atoms with Gasteiger partial charge in [0.1, 0.15) is 6.33 Å². The van der Waals surface area contributed by atoms with Crippen LogP contribution < -0.4 is 5.73 Å². The minimum absolute atomic E-state index is 0. The second-order valence-corrected chi connectivity index (χ2v) is 4.31. The number of hydrogen-bond donors (Lipinski definition) is 1. The minimum Gasteiger partial charge on any atom is -0.372 e. The highest BCUT2D eigenvalue weighted by molar-refractivity contribution is 5.85. The van der Waals surface area contributed by atoms with E-state index in [4.69, 9.17) is 10.5 Å². The van der Waals surface area contributed by atoms with E-state index in [-0.39, 0.29) is 18.5 Å². The molecular weight excluding hydrogens is 262 g/mol. The van der Waals surface area contributed by atoms with Gasteiger partial charge < -0.3 is 10.5 Å². The van der Waals surface area contributed by atoms with E-state index in [2.05, 4.69) is 22.1 Å². The van der Waals surface area contributed by atoms with Crippen LogP contribution in [0.15, 0.2) is 36.8 Å². The molecule has 0 aliphatic carbocycles. The van der Waals surface area contributed by atoms with Crippen molar-refractivity contribution in [2.24, 2.45) is 5.73 Å². The molecule has 2 heterocycles. The first kappa shape index (κ1) is 13.9. The molecule has 0 saturated heterocycles. The highest BCUT2D eigenvalue weighted by atomic mass is 35.5. The monoisotopic (exact) mass is 277 g/mol. The van der Waals surface area contributed by atoms with Crippen molar-refractivity contribution in [2.75, 3.05) is 13.2 Å². The molecule has 5 heteroatoms. The lowest BCUT2D eigenvalue weighted by Gasteiger charge is -2.26. The van der Waals surface area contributed by atoms with Crippen LogP contribution in [0.4, 0.5) is 0 Å². The summed E-state index contributed by atoms with van der Waals surface area (Å²) >= 11 is 0. The van der Waals surface area contributed by atoms with Crippen LogP contribution in [0.1, 0.15) is 17.2 Å². The van der Waals surface area contributed by atoms with Crippen molar-refractivity contribution < 1.29 is 4.74 Å². The number of nitrogens with zero attached hydrogens (tertiary/aromatic N) is 2. The molecule has 3 rings (SSSR count). The molecule has 1 atom stereocenters. The largest absolute Gasteiger partial charge is 0.372 e. The van der Waals surface area contributed by atoms with Gasteiger partial charge in [-0.05, 0) is 23.6 Å². The van der Waals surface area contributed by atoms with Gasteiger partial charge in [0.25, 0.3) is 0 Å². The fraction of sp³-hybridized carbons (Fsp3) is 0.286. The summed E-state index contributed by atoms with van der Waals surface area (Å²) in [5, 5.41) is 0. The normalized spacial score (nSPS) is 17.4. The zero-order chi connectivity index (χ0) is 12.4. The predicted molar refractivity (Wildman–Crippen MR) is 76.2 cm³/mol. The van der Waals surface area contributed by atoms with Gasteiger partial charge in [-0.3, -0.25) is 0 Å². The Balaban J connectivity index is 0.00000133. The van der Waals surface area contributed by atoms with E-state index in [9.17, 15) is 0 Å². The zero-order valence-corrected chi connectivity index (χ0v) is 11.3. The first-order valence-electron chi connectivity index (χ1n) is 6.10. The number of ether oxygens (including phenoxy) is 1. The molecule has 2 aromatic rings. The summed E-state index contributed by atoms with van der Waals surface area (Å²) in [6.45, 7) is 1.23. The quantitative estimate of drug-likeness (QED) is 0.914. The highest BCUT2D eigenvalue weighted by Gasteiger charge is 2.22. The van der Waals surface area contributed by atoms with Gasteiger partial charge in [-0.15, -0.1) is 12.4 Å². The summed E-state index contributed by atoms with van der Waals surface area (Å²) in [6, 6.07) is 8.16. The number of hydrogen-bond acceptors (Lipinski definition) is 4. The van der Waals surface area contributed by atoms with E-state index in [0.717, 1.165) is 24.3 Å². The molecular formula is C14H16ClN3O. The molecule has 0 saturated carbocycles. The third kappa shape index (κ3) is 2.61. The molecule has 0 fully saturated rings. The second kappa shape index (κ2) is 6.10. The summed E-state index contributed by atoms with van der Waals surface area (Å²) in [5.74, 6) is 0. The van der Waals surface area contributed by atoms with Crippen LogP contribution in [0.25, 0.3) is 11.3 Å². The van der Waals surface area contributed by atoms with Crippen LogP contribution in [-0.4, -0.2) is 23.1 Å². The lowest BCUT2D eigenvalue weighted by Crippen LogP contribution is -2.23. The van der Waals surface area contributed by atoms with Gasteiger partial charge in [0, 0.05) is 18.3 Å². The van der Waals surface area contributed by atoms with Crippen molar-refractivity contribution in [3.63, 3.8) is 0 Å². The first-order chi connectivity index (χ1) is 8.90. The number of halogens is 1. The second-order valence-electron chi connectivity index (χ2n) is 4.31. The molecule has 1 aromatic carbocycles. The van der Waals surface area contributed by atoms with E-state index in [1.54, 1.807) is 12.5 Å². The average Bonchev–Trinajstić information content (AvgIpc) is 2.47. The van der Waals surface area contributed by atoms with E-state index in [0.29, 0.717) is 6.54 Å². The van der Waals surface area contributed by atoms with E-state index >= 15 is 0 Å². The maximum absolute atomic E-state index is 5.76. The fourth-order valence-corrected chi connectivity index (χ4v) is 2.46. The fourth-order valence-electron chi connectivity index (χ4n) is 2.46. The third-order valence-corrected chi connectivity index (χ3v) is 3.30. The lowest BCUT2D eigenvalue weighted by atomic mass is 9.91. The first-order valence-corrected chi connectivity index (χ1v) is 6.10. The summed E-state index contributed by atoms with van der Waals surface area (Å²) in [6.07, 6.45) is 4.26. The van der Waals surface area contributed by atoms with Crippen molar-refractivity contribution in [1.29, 1.82) is 0 Å². The molecule has 0 bridgehead atoms. The van der Waals surface area contributed by atoms with Crippen molar-refractivity contribution >= 4 is 12.4 Å². The van der Waals surface area contributed by atoms with Gasteiger partial charge in [0.15, 0.2) is 0 Å². The lowest BCUT2D eigenvalue weighted by molar-refractivity contribution is 0.0486. The van der Waals surface area contributed by atoms with Crippen molar-refractivity contribution in [1.82, 2.24) is 9.97 Å². The maximum atomic E-state index is 5.76. The molecule has 19 heavy (non-hydrogen) atoms. The third-order valence-electron chi connectivity index (χ3n) is 3.30. The van der Waals surface area contributed by atoms with Gasteiger partial charge in [-0.2, -0.15) is 0 Å². The van der Waals surface area contributed by atoms with Crippen molar-refractivity contribution in [3.05, 3.63) is 47.9 Å². The van der Waals surface area contributed by atoms with E-state index < -0.39 is 0 Å². The Labute approximate surface area is 118 Å². The summed E-state index contributed by atoms with van der Waals surface area (Å²) in [4.78, 5) is 8.28. The van der Waals surface area contributed by atoms with Crippen LogP contribution in [0.5, 0.6) is 0 Å². The molecule has 1 aromatic heterocycles. The summed E-state index contributed by atoms with van der Waals surface area (Å²) in [7, 11) is 0. The Morgan fingerprint density at radius 1 is 1.32 bits per heavy atom. The van der Waals surface area contributed by atoms with Crippen molar-refractivity contribution in [3.8, 4) is 11.3 Å². The standard InChI is InChI=1S/C14H15N3O.ClH/c15-8-14-12-3-1-2-11(10(12)5-7-18-14)13-4-6-16-9-17-13;/h1-4,6,9,14H,5,7-8,15H2;1H. The molecule has 1 aliphatic heterocycles. The molecule has 100 valence electrons. The highest BCUT2D eigenvalue weighted by Crippen LogP contribution is 2.32. The van der Waals surface area contributed by atoms with Crippen molar-refractivity contribution in [2.45, 2.75) is 12.5 Å². The molecule has 2 N–H and O–H groups in total. The Morgan fingerprint density at radius 3 is 2.95 bits per heavy atom. The number of aromatic nitrogens is 2. The van der Waals surface area contributed by atoms with Crippen LogP contribution in [0.3, 0.4) is 0 Å². The molecule has 0 amide bonds. The maximum Gasteiger partial charge on any atom is 0.116 e. The zero-order valence-electron chi connectivity index (χ0n) is 10.5. The van der Waals surface area contributed by atoms with Gasteiger partial charge in [-0.25, -0.2) is 9.97 Å². The Bertz CT molecular complexity index is 548. The summed E-state index contributed by atoms with van der Waals surface area (Å²) in [5.41, 5.74) is 10.4. The molecule has 4 nitrogen and oxygen atoms in total. The van der Waals surface area contributed by atoms with E-state index in [1.165, 1.54) is 11.1 Å². The van der Waals surface area contributed by atoms with Crippen LogP contribution >= 0.6 is 12.4 Å². The van der Waals surface area contributed by atoms with Gasteiger partial charge >= 0.3 is 0 Å². The Hall–Kier alpha value is -1.49. The number of fused-ring (bicyclic) bond motifs is 1. The van der Waals surface area contributed by atoms with Crippen LogP contribution in [-0.2, 0) is 11.2 Å². The summed E-state index contributed by atoms with van der Waals surface area (Å²) < 4.78 is 5.69. The number of nitrogens with two attached hydrogens (primary N) is 1. The SMILES string of the molecule is Cl.NCC1OCCc2c(-c3ccncn3)cccc21. The van der Waals surface area contributed by atoms with Crippen LogP contribution in [0.2, 0.25) is 0 Å². The minimum atomic E-state index is 0. The molecule has 0 spiro atoms. The number of benzene rings is 1. The average molecular weight is 278 g/mol. The van der Waals surface area contributed by atoms with Gasteiger partial charge in [-0.1, -0.05) is 18.2 Å². The Morgan fingerprint density at radius 2 is 2.21 bits per heavy atom. The predicted octanol–water partition coefficient (Wildman–Crippen LogP) is 2.14. The molecule has 0 radical (unpaired) electrons. The topological polar surface area (TPSA) is 61.0 Å². The van der Waals surface area contributed by atoms with Gasteiger partial charge in [0.2, 0.25) is 0 Å². The van der Waals surface area contributed by atoms with Gasteiger partial charge in [0.05, 0.1) is 18.4 Å². The Kier molecular flexibility index (Phi) is 4.47. The smallest absolute Gasteiger partial charge is 0.116 e. The number of rotatable bonds is 2. The molecule has 1 unspecified atom stereocenters. The van der Waals surface area contributed by atoms with E-state index in [1.807, 2.05) is 12.1 Å². The molecule has 1 aliphatic rings. The van der Waals surface area contributed by atoms with Crippen LogP contribution in [0, 0.1) is 0 Å².